The van der Waals surface area contributed by atoms with E-state index in [1.807, 2.05) is 4.90 Å². The molecule has 3 heteroatoms. The fraction of sp³-hybridized carbons (Fsp3) is 0.929. The van der Waals surface area contributed by atoms with Gasteiger partial charge in [0.05, 0.1) is 0 Å². The van der Waals surface area contributed by atoms with Gasteiger partial charge in [0.2, 0.25) is 5.91 Å². The van der Waals surface area contributed by atoms with Gasteiger partial charge in [-0.1, -0.05) is 19.8 Å². The number of aliphatic hydroxyl groups is 1. The topological polar surface area (TPSA) is 40.5 Å². The summed E-state index contributed by atoms with van der Waals surface area (Å²) in [5.41, 5.74) is 0. The molecule has 1 saturated heterocycles. The van der Waals surface area contributed by atoms with E-state index in [4.69, 9.17) is 5.11 Å². The standard InChI is InChI=1S/C14H27NO2/c1-2-6-13-7-5-10-15(11-9-13)14(17)8-3-4-12-16/h13,16H,2-12H2,1H3. The number of unbranched alkanes of at least 4 members (excludes halogenated alkanes) is 1. The molecule has 1 aliphatic heterocycles. The fourth-order valence-corrected chi connectivity index (χ4v) is 2.66. The first-order valence-corrected chi connectivity index (χ1v) is 7.16. The number of likely N-dealkylation sites (tertiary alicyclic amines) is 1. The first kappa shape index (κ1) is 14.5. The van der Waals surface area contributed by atoms with Gasteiger partial charge >= 0.3 is 0 Å². The molecule has 0 aromatic rings. The molecule has 17 heavy (non-hydrogen) atoms. The SMILES string of the molecule is CCCC1CCCN(C(=O)CCCCO)CC1. The third kappa shape index (κ3) is 5.53. The number of hydrogen-bond donors (Lipinski definition) is 1. The normalized spacial score (nSPS) is 21.3. The van der Waals surface area contributed by atoms with Crippen molar-refractivity contribution in [2.45, 2.75) is 58.3 Å². The van der Waals surface area contributed by atoms with Crippen molar-refractivity contribution in [3.63, 3.8) is 0 Å². The van der Waals surface area contributed by atoms with E-state index in [9.17, 15) is 4.79 Å². The largest absolute Gasteiger partial charge is 0.396 e. The maximum atomic E-state index is 11.9. The van der Waals surface area contributed by atoms with E-state index < -0.39 is 0 Å². The molecule has 1 rings (SSSR count). The lowest BCUT2D eigenvalue weighted by Crippen LogP contribution is -2.31. The molecule has 1 unspecified atom stereocenters. The Morgan fingerprint density at radius 2 is 2.12 bits per heavy atom. The van der Waals surface area contributed by atoms with Gasteiger partial charge < -0.3 is 10.0 Å². The molecule has 1 aliphatic rings. The number of hydrogen-bond acceptors (Lipinski definition) is 2. The summed E-state index contributed by atoms with van der Waals surface area (Å²) in [6.07, 6.45) is 8.38. The number of carbonyl (C=O) groups is 1. The summed E-state index contributed by atoms with van der Waals surface area (Å²) in [7, 11) is 0. The molecule has 0 spiro atoms. The second kappa shape index (κ2) is 8.51. The van der Waals surface area contributed by atoms with Crippen molar-refractivity contribution in [3.05, 3.63) is 0 Å². The average molecular weight is 241 g/mol. The van der Waals surface area contributed by atoms with Gasteiger partial charge in [-0.2, -0.15) is 0 Å². The van der Waals surface area contributed by atoms with Crippen molar-refractivity contribution in [2.24, 2.45) is 5.92 Å². The zero-order valence-electron chi connectivity index (χ0n) is 11.2. The number of carbonyl (C=O) groups excluding carboxylic acids is 1. The van der Waals surface area contributed by atoms with Gasteiger partial charge in [0.1, 0.15) is 0 Å². The van der Waals surface area contributed by atoms with E-state index in [1.54, 1.807) is 0 Å². The molecule has 0 radical (unpaired) electrons. The summed E-state index contributed by atoms with van der Waals surface area (Å²) in [6.45, 7) is 4.33. The number of aliphatic hydroxyl groups excluding tert-OH is 1. The van der Waals surface area contributed by atoms with Crippen LogP contribution in [-0.2, 0) is 4.79 Å². The minimum atomic E-state index is 0.200. The first-order chi connectivity index (χ1) is 8.27. The molecule has 0 saturated carbocycles. The van der Waals surface area contributed by atoms with E-state index >= 15 is 0 Å². The predicted octanol–water partition coefficient (Wildman–Crippen LogP) is 2.58. The smallest absolute Gasteiger partial charge is 0.222 e. The molecular weight excluding hydrogens is 214 g/mol. The van der Waals surface area contributed by atoms with Gasteiger partial charge in [-0.15, -0.1) is 0 Å². The molecular formula is C14H27NO2. The van der Waals surface area contributed by atoms with Gasteiger partial charge in [-0.05, 0) is 38.0 Å². The second-order valence-corrected chi connectivity index (χ2v) is 5.15. The highest BCUT2D eigenvalue weighted by atomic mass is 16.3. The third-order valence-electron chi connectivity index (χ3n) is 3.70. The van der Waals surface area contributed by atoms with E-state index in [0.29, 0.717) is 6.42 Å². The first-order valence-electron chi connectivity index (χ1n) is 7.16. The van der Waals surface area contributed by atoms with Crippen LogP contribution in [0.3, 0.4) is 0 Å². The van der Waals surface area contributed by atoms with Crippen LogP contribution in [0.1, 0.15) is 58.3 Å². The Morgan fingerprint density at radius 1 is 1.29 bits per heavy atom. The summed E-state index contributed by atoms with van der Waals surface area (Å²) < 4.78 is 0. The summed E-state index contributed by atoms with van der Waals surface area (Å²) in [5, 5.41) is 8.70. The zero-order valence-corrected chi connectivity index (χ0v) is 11.2. The Hall–Kier alpha value is -0.570. The van der Waals surface area contributed by atoms with E-state index in [-0.39, 0.29) is 12.5 Å². The van der Waals surface area contributed by atoms with Crippen LogP contribution in [0.5, 0.6) is 0 Å². The lowest BCUT2D eigenvalue weighted by atomic mass is 9.96. The van der Waals surface area contributed by atoms with Crippen molar-refractivity contribution in [1.29, 1.82) is 0 Å². The Balaban J connectivity index is 2.27. The maximum Gasteiger partial charge on any atom is 0.222 e. The average Bonchev–Trinajstić information content (AvgIpc) is 2.55. The Kier molecular flexibility index (Phi) is 7.25. The molecule has 0 bridgehead atoms. The van der Waals surface area contributed by atoms with Crippen molar-refractivity contribution < 1.29 is 9.90 Å². The third-order valence-corrected chi connectivity index (χ3v) is 3.70. The molecule has 1 heterocycles. The zero-order chi connectivity index (χ0) is 12.5. The van der Waals surface area contributed by atoms with E-state index in [2.05, 4.69) is 6.92 Å². The van der Waals surface area contributed by atoms with Gasteiger partial charge in [0, 0.05) is 26.1 Å². The monoisotopic (exact) mass is 241 g/mol. The summed E-state index contributed by atoms with van der Waals surface area (Å²) >= 11 is 0. The minimum Gasteiger partial charge on any atom is -0.396 e. The van der Waals surface area contributed by atoms with Crippen molar-refractivity contribution >= 4 is 5.91 Å². The van der Waals surface area contributed by atoms with Gasteiger partial charge in [-0.3, -0.25) is 4.79 Å². The highest BCUT2D eigenvalue weighted by Crippen LogP contribution is 2.22. The lowest BCUT2D eigenvalue weighted by molar-refractivity contribution is -0.131. The van der Waals surface area contributed by atoms with Crippen LogP contribution in [0.25, 0.3) is 0 Å². The molecule has 1 fully saturated rings. The molecule has 1 amide bonds. The van der Waals surface area contributed by atoms with Crippen molar-refractivity contribution in [3.8, 4) is 0 Å². The molecule has 0 aromatic carbocycles. The van der Waals surface area contributed by atoms with Crippen LogP contribution in [-0.4, -0.2) is 35.6 Å². The highest BCUT2D eigenvalue weighted by molar-refractivity contribution is 5.76. The van der Waals surface area contributed by atoms with Crippen LogP contribution in [0.15, 0.2) is 0 Å². The van der Waals surface area contributed by atoms with Gasteiger partial charge in [0.25, 0.3) is 0 Å². The molecule has 100 valence electrons. The second-order valence-electron chi connectivity index (χ2n) is 5.15. The quantitative estimate of drug-likeness (QED) is 0.726. The van der Waals surface area contributed by atoms with Crippen LogP contribution in [0.4, 0.5) is 0 Å². The predicted molar refractivity (Wildman–Crippen MR) is 69.8 cm³/mol. The molecule has 3 nitrogen and oxygen atoms in total. The maximum absolute atomic E-state index is 11.9. The minimum absolute atomic E-state index is 0.200. The van der Waals surface area contributed by atoms with Crippen molar-refractivity contribution in [1.82, 2.24) is 4.90 Å². The van der Waals surface area contributed by atoms with E-state index in [1.165, 1.54) is 25.7 Å². The van der Waals surface area contributed by atoms with Crippen LogP contribution in [0.2, 0.25) is 0 Å². The van der Waals surface area contributed by atoms with Gasteiger partial charge in [0.15, 0.2) is 0 Å². The highest BCUT2D eigenvalue weighted by Gasteiger charge is 2.19. The Labute approximate surface area is 105 Å². The number of nitrogens with zero attached hydrogens (tertiary/aromatic N) is 1. The number of amides is 1. The summed E-state index contributed by atoms with van der Waals surface area (Å²) in [4.78, 5) is 14.0. The molecule has 0 aliphatic carbocycles. The summed E-state index contributed by atoms with van der Waals surface area (Å²) in [6, 6.07) is 0. The van der Waals surface area contributed by atoms with Gasteiger partial charge in [-0.25, -0.2) is 0 Å². The fourth-order valence-electron chi connectivity index (χ4n) is 2.66. The molecule has 1 atom stereocenters. The lowest BCUT2D eigenvalue weighted by Gasteiger charge is -2.20. The Morgan fingerprint density at radius 3 is 2.82 bits per heavy atom. The Bertz CT molecular complexity index is 218. The van der Waals surface area contributed by atoms with Crippen molar-refractivity contribution in [2.75, 3.05) is 19.7 Å². The van der Waals surface area contributed by atoms with Crippen LogP contribution in [0, 0.1) is 5.92 Å². The van der Waals surface area contributed by atoms with E-state index in [0.717, 1.165) is 38.3 Å². The van der Waals surface area contributed by atoms with Crippen LogP contribution < -0.4 is 0 Å². The van der Waals surface area contributed by atoms with Crippen LogP contribution >= 0.6 is 0 Å². The molecule has 0 aromatic heterocycles. The molecule has 1 N–H and O–H groups in total. The number of rotatable bonds is 6. The summed E-state index contributed by atoms with van der Waals surface area (Å²) in [5.74, 6) is 1.12.